The maximum absolute atomic E-state index is 13.1. The minimum Gasteiger partial charge on any atom is -0.481 e. The van der Waals surface area contributed by atoms with Gasteiger partial charge in [0.05, 0.1) is 11.6 Å². The van der Waals surface area contributed by atoms with Gasteiger partial charge >= 0.3 is 5.97 Å². The molecule has 3 heterocycles. The van der Waals surface area contributed by atoms with E-state index in [0.29, 0.717) is 29.9 Å². The van der Waals surface area contributed by atoms with Gasteiger partial charge in [0.1, 0.15) is 5.56 Å². The first-order valence-electron chi connectivity index (χ1n) is 8.13. The molecule has 0 spiro atoms. The lowest BCUT2D eigenvalue weighted by Gasteiger charge is -2.34. The first-order chi connectivity index (χ1) is 11.3. The highest BCUT2D eigenvalue weighted by atomic mass is 16.4. The Kier molecular flexibility index (Phi) is 4.03. The number of aryl methyl sites for hydroxylation is 3. The van der Waals surface area contributed by atoms with Gasteiger partial charge in [0.2, 0.25) is 0 Å². The molecular weight excluding hydrogens is 308 g/mol. The second-order valence-corrected chi connectivity index (χ2v) is 6.82. The molecule has 1 saturated heterocycles. The zero-order valence-corrected chi connectivity index (χ0v) is 14.4. The highest BCUT2D eigenvalue weighted by molar-refractivity contribution is 6.01. The number of nitrogens with zero attached hydrogens (tertiary/aromatic N) is 4. The summed E-state index contributed by atoms with van der Waals surface area (Å²) in [5, 5.41) is 13.8. The summed E-state index contributed by atoms with van der Waals surface area (Å²) in [5.74, 6) is -1.39. The molecule has 1 N–H and O–H groups in total. The van der Waals surface area contributed by atoms with Gasteiger partial charge in [0.15, 0.2) is 5.65 Å². The van der Waals surface area contributed by atoms with Crippen molar-refractivity contribution in [3.05, 3.63) is 28.7 Å². The van der Waals surface area contributed by atoms with Crippen LogP contribution in [0, 0.1) is 32.6 Å². The van der Waals surface area contributed by atoms with E-state index in [0.717, 1.165) is 11.4 Å². The van der Waals surface area contributed by atoms with E-state index in [1.807, 2.05) is 26.8 Å². The molecule has 2 atom stereocenters. The molecule has 0 saturated carbocycles. The number of aliphatic carboxylic acids is 1. The molecule has 0 aromatic carbocycles. The Balaban J connectivity index is 2.02. The number of hydrogen-bond donors (Lipinski definition) is 1. The molecule has 1 aliphatic rings. The summed E-state index contributed by atoms with van der Waals surface area (Å²) in [6.45, 7) is 8.37. The van der Waals surface area contributed by atoms with Gasteiger partial charge in [-0.3, -0.25) is 9.59 Å². The third-order valence-corrected chi connectivity index (χ3v) is 4.58. The Labute approximate surface area is 140 Å². The normalized spacial score (nSPS) is 21.2. The Morgan fingerprint density at radius 3 is 2.62 bits per heavy atom. The van der Waals surface area contributed by atoms with Crippen molar-refractivity contribution < 1.29 is 14.7 Å². The summed E-state index contributed by atoms with van der Waals surface area (Å²) < 4.78 is 1.68. The van der Waals surface area contributed by atoms with E-state index in [9.17, 15) is 14.7 Å². The topological polar surface area (TPSA) is 87.8 Å². The zero-order chi connectivity index (χ0) is 17.6. The largest absolute Gasteiger partial charge is 0.481 e. The molecular formula is C17H22N4O3. The second kappa shape index (κ2) is 5.89. The SMILES string of the molecule is Cc1cc(C)n2nc(C)c(C(=O)N3CC(C)CC(C(=O)O)C3)c2n1. The molecule has 2 aromatic rings. The van der Waals surface area contributed by atoms with Crippen molar-refractivity contribution in [2.45, 2.75) is 34.1 Å². The summed E-state index contributed by atoms with van der Waals surface area (Å²) in [7, 11) is 0. The van der Waals surface area contributed by atoms with Crippen molar-refractivity contribution in [3.63, 3.8) is 0 Å². The van der Waals surface area contributed by atoms with Crippen molar-refractivity contribution in [2.24, 2.45) is 11.8 Å². The molecule has 0 bridgehead atoms. The van der Waals surface area contributed by atoms with Crippen LogP contribution in [0.1, 0.15) is 40.8 Å². The van der Waals surface area contributed by atoms with Gasteiger partial charge in [0.25, 0.3) is 5.91 Å². The van der Waals surface area contributed by atoms with Gasteiger partial charge in [-0.25, -0.2) is 9.50 Å². The quantitative estimate of drug-likeness (QED) is 0.908. The van der Waals surface area contributed by atoms with E-state index in [2.05, 4.69) is 10.1 Å². The summed E-state index contributed by atoms with van der Waals surface area (Å²) >= 11 is 0. The number of carboxylic acid groups (broad SMARTS) is 1. The van der Waals surface area contributed by atoms with Crippen LogP contribution in [0.2, 0.25) is 0 Å². The third-order valence-electron chi connectivity index (χ3n) is 4.58. The number of hydrogen-bond acceptors (Lipinski definition) is 4. The van der Waals surface area contributed by atoms with Crippen molar-refractivity contribution in [1.29, 1.82) is 0 Å². The van der Waals surface area contributed by atoms with E-state index in [1.165, 1.54) is 0 Å². The van der Waals surface area contributed by atoms with Gasteiger partial charge < -0.3 is 10.0 Å². The lowest BCUT2D eigenvalue weighted by molar-refractivity contribution is -0.143. The van der Waals surface area contributed by atoms with Crippen LogP contribution in [0.3, 0.4) is 0 Å². The molecule has 2 unspecified atom stereocenters. The first kappa shape index (κ1) is 16.4. The van der Waals surface area contributed by atoms with E-state index < -0.39 is 11.9 Å². The molecule has 3 rings (SSSR count). The lowest BCUT2D eigenvalue weighted by atomic mass is 9.90. The van der Waals surface area contributed by atoms with Crippen molar-refractivity contribution in [3.8, 4) is 0 Å². The fourth-order valence-electron chi connectivity index (χ4n) is 3.53. The van der Waals surface area contributed by atoms with Crippen LogP contribution in [0.4, 0.5) is 0 Å². The smallest absolute Gasteiger partial charge is 0.308 e. The maximum Gasteiger partial charge on any atom is 0.308 e. The monoisotopic (exact) mass is 330 g/mol. The van der Waals surface area contributed by atoms with Crippen LogP contribution < -0.4 is 0 Å². The van der Waals surface area contributed by atoms with Gasteiger partial charge in [-0.05, 0) is 39.2 Å². The Morgan fingerprint density at radius 2 is 1.96 bits per heavy atom. The summed E-state index contributed by atoms with van der Waals surface area (Å²) in [6, 6.07) is 1.91. The molecule has 0 aliphatic carbocycles. The number of amides is 1. The predicted octanol–water partition coefficient (Wildman–Crippen LogP) is 1.84. The first-order valence-corrected chi connectivity index (χ1v) is 8.13. The van der Waals surface area contributed by atoms with Crippen molar-refractivity contribution >= 4 is 17.5 Å². The van der Waals surface area contributed by atoms with Crippen LogP contribution >= 0.6 is 0 Å². The molecule has 1 fully saturated rings. The number of likely N-dealkylation sites (tertiary alicyclic amines) is 1. The molecule has 1 aliphatic heterocycles. The zero-order valence-electron chi connectivity index (χ0n) is 14.4. The molecule has 7 heteroatoms. The number of aromatic nitrogens is 3. The standard InChI is InChI=1S/C17H22N4O3/c1-9-5-13(17(23)24)8-20(7-9)16(22)14-12(4)19-21-11(3)6-10(2)18-15(14)21/h6,9,13H,5,7-8H2,1-4H3,(H,23,24). The molecule has 0 radical (unpaired) electrons. The summed E-state index contributed by atoms with van der Waals surface area (Å²) in [4.78, 5) is 30.5. The Hall–Kier alpha value is -2.44. The van der Waals surface area contributed by atoms with E-state index >= 15 is 0 Å². The number of fused-ring (bicyclic) bond motifs is 1. The molecule has 2 aromatic heterocycles. The van der Waals surface area contributed by atoms with E-state index in [1.54, 1.807) is 16.3 Å². The van der Waals surface area contributed by atoms with E-state index in [-0.39, 0.29) is 18.4 Å². The fourth-order valence-corrected chi connectivity index (χ4v) is 3.53. The van der Waals surface area contributed by atoms with Crippen molar-refractivity contribution in [1.82, 2.24) is 19.5 Å². The number of rotatable bonds is 2. The van der Waals surface area contributed by atoms with Crippen LogP contribution in [0.15, 0.2) is 6.07 Å². The van der Waals surface area contributed by atoms with Gasteiger partial charge in [0, 0.05) is 24.5 Å². The molecule has 7 nitrogen and oxygen atoms in total. The minimum absolute atomic E-state index is 0.155. The highest BCUT2D eigenvalue weighted by Crippen LogP contribution is 2.25. The number of carbonyl (C=O) groups is 2. The third kappa shape index (κ3) is 2.74. The van der Waals surface area contributed by atoms with Gasteiger partial charge in [-0.15, -0.1) is 0 Å². The van der Waals surface area contributed by atoms with Crippen LogP contribution in [0.5, 0.6) is 0 Å². The van der Waals surface area contributed by atoms with E-state index in [4.69, 9.17) is 0 Å². The number of carboxylic acids is 1. The Bertz CT molecular complexity index is 827. The van der Waals surface area contributed by atoms with Crippen molar-refractivity contribution in [2.75, 3.05) is 13.1 Å². The average molecular weight is 330 g/mol. The predicted molar refractivity (Wildman–Crippen MR) is 88.0 cm³/mol. The lowest BCUT2D eigenvalue weighted by Crippen LogP contribution is -2.45. The molecule has 128 valence electrons. The second-order valence-electron chi connectivity index (χ2n) is 6.82. The molecule has 1 amide bonds. The summed E-state index contributed by atoms with van der Waals surface area (Å²) in [6.07, 6.45) is 0.601. The highest BCUT2D eigenvalue weighted by Gasteiger charge is 2.34. The maximum atomic E-state index is 13.1. The van der Waals surface area contributed by atoms with Gasteiger partial charge in [-0.2, -0.15) is 5.10 Å². The average Bonchev–Trinajstić information content (AvgIpc) is 2.82. The summed E-state index contributed by atoms with van der Waals surface area (Å²) in [5.41, 5.74) is 3.37. The number of piperidine rings is 1. The fraction of sp³-hybridized carbons (Fsp3) is 0.529. The minimum atomic E-state index is -0.847. The Morgan fingerprint density at radius 1 is 1.25 bits per heavy atom. The molecule has 24 heavy (non-hydrogen) atoms. The van der Waals surface area contributed by atoms with Gasteiger partial charge in [-0.1, -0.05) is 6.92 Å². The number of carbonyl (C=O) groups excluding carboxylic acids is 1. The van der Waals surface area contributed by atoms with Crippen LogP contribution in [0.25, 0.3) is 5.65 Å². The van der Waals surface area contributed by atoms with Crippen LogP contribution in [-0.4, -0.2) is 49.6 Å². The van der Waals surface area contributed by atoms with Crippen LogP contribution in [-0.2, 0) is 4.79 Å².